The number of hydrogen-bond donors (Lipinski definition) is 2. The summed E-state index contributed by atoms with van der Waals surface area (Å²) in [5.74, 6) is 0.0832. The second-order valence-corrected chi connectivity index (χ2v) is 5.06. The van der Waals surface area contributed by atoms with E-state index >= 15 is 0 Å². The summed E-state index contributed by atoms with van der Waals surface area (Å²) >= 11 is 0. The Morgan fingerprint density at radius 2 is 2.07 bits per heavy atom. The molecule has 0 aromatic carbocycles. The molecule has 0 amide bonds. The first-order valence-electron chi connectivity index (χ1n) is 5.13. The molecule has 1 aromatic rings. The minimum absolute atomic E-state index is 0.0832. The second-order valence-electron chi connectivity index (χ2n) is 5.06. The van der Waals surface area contributed by atoms with Crippen molar-refractivity contribution in [2.24, 2.45) is 11.1 Å². The summed E-state index contributed by atoms with van der Waals surface area (Å²) < 4.78 is 1.89. The monoisotopic (exact) mass is 208 g/mol. The molecular weight excluding hydrogens is 188 g/mol. The predicted octanol–water partition coefficient (Wildman–Crippen LogP) is 2.08. The van der Waals surface area contributed by atoms with Crippen LogP contribution in [0.1, 0.15) is 45.0 Å². The maximum atomic E-state index is 7.41. The van der Waals surface area contributed by atoms with Crippen LogP contribution < -0.4 is 5.73 Å². The zero-order valence-corrected chi connectivity index (χ0v) is 10.1. The van der Waals surface area contributed by atoms with Crippen molar-refractivity contribution >= 4 is 5.84 Å². The van der Waals surface area contributed by atoms with Crippen LogP contribution in [0.3, 0.4) is 0 Å². The molecule has 0 bridgehead atoms. The number of nitrogens with one attached hydrogen (secondary N) is 1. The summed E-state index contributed by atoms with van der Waals surface area (Å²) in [6, 6.07) is 0.282. The number of nitrogens with two attached hydrogens (primary N) is 1. The highest BCUT2D eigenvalue weighted by atomic mass is 15.3. The van der Waals surface area contributed by atoms with Gasteiger partial charge in [0.25, 0.3) is 0 Å². The molecule has 0 saturated heterocycles. The predicted molar refractivity (Wildman–Crippen MR) is 62.1 cm³/mol. The molecule has 1 unspecified atom stereocenters. The van der Waals surface area contributed by atoms with Crippen molar-refractivity contribution in [3.63, 3.8) is 0 Å². The maximum absolute atomic E-state index is 7.41. The van der Waals surface area contributed by atoms with Crippen LogP contribution in [0.4, 0.5) is 0 Å². The van der Waals surface area contributed by atoms with E-state index in [9.17, 15) is 0 Å². The number of aromatic nitrogens is 2. The quantitative estimate of drug-likeness (QED) is 0.577. The molecule has 1 rings (SSSR count). The lowest BCUT2D eigenvalue weighted by atomic mass is 9.88. The summed E-state index contributed by atoms with van der Waals surface area (Å²) in [6.45, 7) is 10.5. The second kappa shape index (κ2) is 3.68. The van der Waals surface area contributed by atoms with Crippen molar-refractivity contribution in [3.05, 3.63) is 17.5 Å². The van der Waals surface area contributed by atoms with E-state index < -0.39 is 0 Å². The minimum Gasteiger partial charge on any atom is -0.384 e. The Morgan fingerprint density at radius 3 is 2.40 bits per heavy atom. The third-order valence-electron chi connectivity index (χ3n) is 2.86. The normalized spacial score (nSPS) is 13.9. The van der Waals surface area contributed by atoms with Crippen LogP contribution in [-0.4, -0.2) is 15.6 Å². The SMILES string of the molecule is Cc1nn(C(C)C(C)(C)C)cc1C(=N)N. The van der Waals surface area contributed by atoms with Gasteiger partial charge in [0.15, 0.2) is 0 Å². The number of nitrogens with zero attached hydrogens (tertiary/aromatic N) is 2. The Bertz CT molecular complexity index is 370. The van der Waals surface area contributed by atoms with E-state index in [0.717, 1.165) is 11.3 Å². The minimum atomic E-state index is 0.0832. The van der Waals surface area contributed by atoms with Crippen LogP contribution in [0.25, 0.3) is 0 Å². The Kier molecular flexibility index (Phi) is 2.88. The van der Waals surface area contributed by atoms with Gasteiger partial charge in [0.1, 0.15) is 5.84 Å². The van der Waals surface area contributed by atoms with Gasteiger partial charge in [-0.2, -0.15) is 5.10 Å². The van der Waals surface area contributed by atoms with Gasteiger partial charge in [-0.15, -0.1) is 0 Å². The van der Waals surface area contributed by atoms with Crippen molar-refractivity contribution in [1.29, 1.82) is 5.41 Å². The molecule has 15 heavy (non-hydrogen) atoms. The third-order valence-corrected chi connectivity index (χ3v) is 2.86. The Morgan fingerprint density at radius 1 is 1.53 bits per heavy atom. The van der Waals surface area contributed by atoms with E-state index in [1.54, 1.807) is 0 Å². The summed E-state index contributed by atoms with van der Waals surface area (Å²) in [5, 5.41) is 11.8. The van der Waals surface area contributed by atoms with Gasteiger partial charge in [0, 0.05) is 6.20 Å². The molecule has 4 heteroatoms. The molecule has 0 aliphatic heterocycles. The van der Waals surface area contributed by atoms with Crippen molar-refractivity contribution < 1.29 is 0 Å². The molecule has 0 aliphatic rings. The zero-order valence-electron chi connectivity index (χ0n) is 10.1. The fourth-order valence-electron chi connectivity index (χ4n) is 1.34. The molecule has 1 atom stereocenters. The Balaban J connectivity index is 3.08. The van der Waals surface area contributed by atoms with Crippen molar-refractivity contribution in [1.82, 2.24) is 9.78 Å². The van der Waals surface area contributed by atoms with E-state index in [0.29, 0.717) is 0 Å². The molecule has 1 aromatic heterocycles. The first-order valence-corrected chi connectivity index (χ1v) is 5.13. The lowest BCUT2D eigenvalue weighted by molar-refractivity contribution is 0.244. The van der Waals surface area contributed by atoms with E-state index in [1.165, 1.54) is 0 Å². The first kappa shape index (κ1) is 11.8. The molecule has 0 spiro atoms. The summed E-state index contributed by atoms with van der Waals surface area (Å²) in [5.41, 5.74) is 7.16. The molecule has 0 aliphatic carbocycles. The van der Waals surface area contributed by atoms with Gasteiger partial charge in [-0.05, 0) is 19.3 Å². The van der Waals surface area contributed by atoms with Crippen molar-refractivity contribution in [3.8, 4) is 0 Å². The number of aryl methyl sites for hydroxylation is 1. The lowest BCUT2D eigenvalue weighted by Gasteiger charge is -2.27. The van der Waals surface area contributed by atoms with Crippen LogP contribution in [0, 0.1) is 17.7 Å². The lowest BCUT2D eigenvalue weighted by Crippen LogP contribution is -2.22. The van der Waals surface area contributed by atoms with Crippen molar-refractivity contribution in [2.75, 3.05) is 0 Å². The van der Waals surface area contributed by atoms with E-state index in [2.05, 4.69) is 32.8 Å². The van der Waals surface area contributed by atoms with Crippen LogP contribution in [0.2, 0.25) is 0 Å². The molecular formula is C11H20N4. The highest BCUT2D eigenvalue weighted by Crippen LogP contribution is 2.29. The number of amidine groups is 1. The molecule has 0 fully saturated rings. The van der Waals surface area contributed by atoms with Gasteiger partial charge in [-0.1, -0.05) is 20.8 Å². The van der Waals surface area contributed by atoms with Crippen LogP contribution in [-0.2, 0) is 0 Å². The highest BCUT2D eigenvalue weighted by Gasteiger charge is 2.23. The first-order chi connectivity index (χ1) is 6.73. The zero-order chi connectivity index (χ0) is 11.8. The Labute approximate surface area is 91.0 Å². The van der Waals surface area contributed by atoms with E-state index in [1.807, 2.05) is 17.8 Å². The molecule has 4 nitrogen and oxygen atoms in total. The fourth-order valence-corrected chi connectivity index (χ4v) is 1.34. The highest BCUT2D eigenvalue weighted by molar-refractivity contribution is 5.95. The van der Waals surface area contributed by atoms with Crippen LogP contribution in [0.5, 0.6) is 0 Å². The molecule has 3 N–H and O–H groups in total. The maximum Gasteiger partial charge on any atom is 0.126 e. The summed E-state index contributed by atoms with van der Waals surface area (Å²) in [6.07, 6.45) is 1.85. The number of nitrogen functional groups attached to an aromatic ring is 1. The van der Waals surface area contributed by atoms with Crippen LogP contribution in [0.15, 0.2) is 6.20 Å². The van der Waals surface area contributed by atoms with Crippen LogP contribution >= 0.6 is 0 Å². The molecule has 1 heterocycles. The van der Waals surface area contributed by atoms with Gasteiger partial charge in [0.05, 0.1) is 17.3 Å². The average Bonchev–Trinajstić information content (AvgIpc) is 2.44. The number of rotatable bonds is 2. The summed E-state index contributed by atoms with van der Waals surface area (Å²) in [7, 11) is 0. The van der Waals surface area contributed by atoms with E-state index in [-0.39, 0.29) is 17.3 Å². The van der Waals surface area contributed by atoms with E-state index in [4.69, 9.17) is 11.1 Å². The summed E-state index contributed by atoms with van der Waals surface area (Å²) in [4.78, 5) is 0. The van der Waals surface area contributed by atoms with Crippen molar-refractivity contribution in [2.45, 2.75) is 40.7 Å². The fraction of sp³-hybridized carbons (Fsp3) is 0.636. The molecule has 0 radical (unpaired) electrons. The standard InChI is InChI=1S/C11H20N4/c1-7-9(10(12)13)6-15(14-7)8(2)11(3,4)5/h6,8H,1-5H3,(H3,12,13). The molecule has 84 valence electrons. The van der Waals surface area contributed by atoms with Gasteiger partial charge in [0.2, 0.25) is 0 Å². The van der Waals surface area contributed by atoms with Gasteiger partial charge < -0.3 is 5.73 Å². The third kappa shape index (κ3) is 2.37. The van der Waals surface area contributed by atoms with Gasteiger partial charge >= 0.3 is 0 Å². The Hall–Kier alpha value is -1.32. The number of hydrogen-bond acceptors (Lipinski definition) is 2. The average molecular weight is 208 g/mol. The largest absolute Gasteiger partial charge is 0.384 e. The van der Waals surface area contributed by atoms with Gasteiger partial charge in [-0.25, -0.2) is 0 Å². The molecule has 0 saturated carbocycles. The smallest absolute Gasteiger partial charge is 0.126 e. The topological polar surface area (TPSA) is 67.7 Å². The van der Waals surface area contributed by atoms with Gasteiger partial charge in [-0.3, -0.25) is 10.1 Å².